The topological polar surface area (TPSA) is 72.6 Å². The molecule has 0 aliphatic carbocycles. The molecule has 0 aliphatic rings. The largest absolute Gasteiger partial charge is 0.495 e. The van der Waals surface area contributed by atoms with Crippen molar-refractivity contribution in [2.75, 3.05) is 24.2 Å². The summed E-state index contributed by atoms with van der Waals surface area (Å²) in [5.74, 6) is 0.523. The maximum Gasteiger partial charge on any atom is 0.232 e. The van der Waals surface area contributed by atoms with Crippen LogP contribution in [0, 0.1) is 0 Å². The Bertz CT molecular complexity index is 485. The number of anilines is 1. The number of nitrogens with zero attached hydrogens (tertiary/aromatic N) is 1. The Morgan fingerprint density at radius 2 is 2.06 bits per heavy atom. The Balaban J connectivity index is 3.35. The zero-order chi connectivity index (χ0) is 13.1. The average molecular weight is 258 g/mol. The number of hydrogen-bond acceptors (Lipinski definition) is 4. The maximum absolute atomic E-state index is 11.7. The van der Waals surface area contributed by atoms with Crippen molar-refractivity contribution in [3.05, 3.63) is 23.8 Å². The van der Waals surface area contributed by atoms with Crippen molar-refractivity contribution in [1.29, 1.82) is 0 Å². The van der Waals surface area contributed by atoms with E-state index in [0.29, 0.717) is 24.5 Å². The predicted molar refractivity (Wildman–Crippen MR) is 68.7 cm³/mol. The number of methoxy groups -OCH3 is 1. The van der Waals surface area contributed by atoms with Gasteiger partial charge in [0.05, 0.1) is 19.1 Å². The molecule has 17 heavy (non-hydrogen) atoms. The van der Waals surface area contributed by atoms with Crippen molar-refractivity contribution in [2.45, 2.75) is 13.5 Å². The molecule has 96 valence electrons. The molecule has 0 atom stereocenters. The highest BCUT2D eigenvalue weighted by Crippen LogP contribution is 2.30. The quantitative estimate of drug-likeness (QED) is 0.853. The van der Waals surface area contributed by atoms with Crippen molar-refractivity contribution < 1.29 is 13.2 Å². The van der Waals surface area contributed by atoms with Gasteiger partial charge in [-0.15, -0.1) is 0 Å². The molecule has 1 aromatic carbocycles. The third kappa shape index (κ3) is 3.10. The number of rotatable bonds is 5. The van der Waals surface area contributed by atoms with Crippen LogP contribution in [0.2, 0.25) is 0 Å². The van der Waals surface area contributed by atoms with Crippen LogP contribution in [-0.2, 0) is 16.6 Å². The molecule has 2 N–H and O–H groups in total. The lowest BCUT2D eigenvalue weighted by Crippen LogP contribution is -2.30. The monoisotopic (exact) mass is 258 g/mol. The third-order valence-corrected chi connectivity index (χ3v) is 3.69. The molecule has 0 saturated carbocycles. The average Bonchev–Trinajstić information content (AvgIpc) is 2.28. The SMILES string of the molecule is CCN(c1cc(CN)ccc1OC)S(C)(=O)=O. The summed E-state index contributed by atoms with van der Waals surface area (Å²) < 4.78 is 29.8. The van der Waals surface area contributed by atoms with E-state index in [0.717, 1.165) is 5.56 Å². The molecule has 1 rings (SSSR count). The van der Waals surface area contributed by atoms with Crippen molar-refractivity contribution in [3.63, 3.8) is 0 Å². The first-order valence-corrected chi connectivity index (χ1v) is 7.13. The lowest BCUT2D eigenvalue weighted by molar-refractivity contribution is 0.415. The normalized spacial score (nSPS) is 11.3. The first-order chi connectivity index (χ1) is 7.93. The van der Waals surface area contributed by atoms with Crippen LogP contribution in [0.15, 0.2) is 18.2 Å². The Hall–Kier alpha value is -1.27. The standard InChI is InChI=1S/C11H18N2O3S/c1-4-13(17(3,14)15)10-7-9(8-12)5-6-11(10)16-2/h5-7H,4,8,12H2,1-3H3. The molecule has 0 radical (unpaired) electrons. The second kappa shape index (κ2) is 5.37. The molecule has 0 aromatic heterocycles. The number of nitrogens with two attached hydrogens (primary N) is 1. The zero-order valence-corrected chi connectivity index (χ0v) is 11.1. The smallest absolute Gasteiger partial charge is 0.232 e. The summed E-state index contributed by atoms with van der Waals surface area (Å²) >= 11 is 0. The van der Waals surface area contributed by atoms with Gasteiger partial charge < -0.3 is 10.5 Å². The van der Waals surface area contributed by atoms with Gasteiger partial charge in [0.25, 0.3) is 0 Å². The second-order valence-corrected chi connectivity index (χ2v) is 5.54. The highest BCUT2D eigenvalue weighted by Gasteiger charge is 2.19. The van der Waals surface area contributed by atoms with E-state index in [1.165, 1.54) is 17.7 Å². The first kappa shape index (κ1) is 13.8. The molecule has 0 bridgehead atoms. The van der Waals surface area contributed by atoms with Crippen molar-refractivity contribution in [2.24, 2.45) is 5.73 Å². The minimum Gasteiger partial charge on any atom is -0.495 e. The summed E-state index contributed by atoms with van der Waals surface area (Å²) in [6.07, 6.45) is 1.17. The Kier molecular flexibility index (Phi) is 4.36. The zero-order valence-electron chi connectivity index (χ0n) is 10.3. The van der Waals surface area contributed by atoms with Crippen LogP contribution in [0.3, 0.4) is 0 Å². The van der Waals surface area contributed by atoms with E-state index in [1.807, 2.05) is 6.07 Å². The van der Waals surface area contributed by atoms with Gasteiger partial charge in [0.2, 0.25) is 10.0 Å². The van der Waals surface area contributed by atoms with Gasteiger partial charge in [0, 0.05) is 13.1 Å². The fourth-order valence-corrected chi connectivity index (χ4v) is 2.61. The molecule has 0 spiro atoms. The summed E-state index contributed by atoms with van der Waals surface area (Å²) in [4.78, 5) is 0. The predicted octanol–water partition coefficient (Wildman–Crippen LogP) is 0.940. The fraction of sp³-hybridized carbons (Fsp3) is 0.455. The van der Waals surface area contributed by atoms with Crippen LogP contribution in [0.25, 0.3) is 0 Å². The summed E-state index contributed by atoms with van der Waals surface area (Å²) in [6.45, 7) is 2.48. The van der Waals surface area contributed by atoms with Gasteiger partial charge in [-0.25, -0.2) is 8.42 Å². The van der Waals surface area contributed by atoms with Crippen molar-refractivity contribution in [3.8, 4) is 5.75 Å². The fourth-order valence-electron chi connectivity index (χ4n) is 1.64. The number of hydrogen-bond donors (Lipinski definition) is 1. The Morgan fingerprint density at radius 1 is 1.41 bits per heavy atom. The number of sulfonamides is 1. The molecular weight excluding hydrogens is 240 g/mol. The van der Waals surface area contributed by atoms with Gasteiger partial charge in [-0.3, -0.25) is 4.31 Å². The van der Waals surface area contributed by atoms with Crippen LogP contribution in [0.4, 0.5) is 5.69 Å². The molecular formula is C11H18N2O3S. The highest BCUT2D eigenvalue weighted by atomic mass is 32.2. The highest BCUT2D eigenvalue weighted by molar-refractivity contribution is 7.92. The summed E-state index contributed by atoms with van der Waals surface area (Å²) in [5, 5.41) is 0. The van der Waals surface area contributed by atoms with Gasteiger partial charge in [-0.05, 0) is 24.6 Å². The molecule has 0 unspecified atom stereocenters. The Labute approximate surface area is 102 Å². The molecule has 0 fully saturated rings. The van der Waals surface area contributed by atoms with E-state index < -0.39 is 10.0 Å². The summed E-state index contributed by atoms with van der Waals surface area (Å²) in [6, 6.07) is 5.28. The molecule has 1 aromatic rings. The first-order valence-electron chi connectivity index (χ1n) is 5.28. The molecule has 6 heteroatoms. The van der Waals surface area contributed by atoms with E-state index in [2.05, 4.69) is 0 Å². The van der Waals surface area contributed by atoms with E-state index >= 15 is 0 Å². The number of benzene rings is 1. The van der Waals surface area contributed by atoms with E-state index in [4.69, 9.17) is 10.5 Å². The molecule has 0 amide bonds. The van der Waals surface area contributed by atoms with E-state index in [9.17, 15) is 8.42 Å². The van der Waals surface area contributed by atoms with Crippen molar-refractivity contribution >= 4 is 15.7 Å². The van der Waals surface area contributed by atoms with Crippen molar-refractivity contribution in [1.82, 2.24) is 0 Å². The van der Waals surface area contributed by atoms with Gasteiger partial charge in [0.15, 0.2) is 0 Å². The maximum atomic E-state index is 11.7. The lowest BCUT2D eigenvalue weighted by Gasteiger charge is -2.23. The van der Waals surface area contributed by atoms with Crippen LogP contribution >= 0.6 is 0 Å². The van der Waals surface area contributed by atoms with Gasteiger partial charge in [0.1, 0.15) is 5.75 Å². The third-order valence-electron chi connectivity index (χ3n) is 2.44. The minimum absolute atomic E-state index is 0.350. The second-order valence-electron chi connectivity index (χ2n) is 3.64. The summed E-state index contributed by atoms with van der Waals surface area (Å²) in [7, 11) is -1.80. The van der Waals surface area contributed by atoms with Gasteiger partial charge >= 0.3 is 0 Å². The van der Waals surface area contributed by atoms with Crippen LogP contribution in [0.5, 0.6) is 5.75 Å². The van der Waals surface area contributed by atoms with Gasteiger partial charge in [-0.2, -0.15) is 0 Å². The van der Waals surface area contributed by atoms with Crippen LogP contribution in [-0.4, -0.2) is 28.3 Å². The van der Waals surface area contributed by atoms with E-state index in [1.54, 1.807) is 19.1 Å². The molecule has 0 saturated heterocycles. The van der Waals surface area contributed by atoms with Crippen LogP contribution < -0.4 is 14.8 Å². The molecule has 0 aliphatic heterocycles. The Morgan fingerprint density at radius 3 is 2.47 bits per heavy atom. The minimum atomic E-state index is -3.31. The molecule has 5 nitrogen and oxygen atoms in total. The molecule has 0 heterocycles. The summed E-state index contributed by atoms with van der Waals surface area (Å²) in [5.41, 5.74) is 6.94. The van der Waals surface area contributed by atoms with Crippen LogP contribution in [0.1, 0.15) is 12.5 Å². The lowest BCUT2D eigenvalue weighted by atomic mass is 10.2. The number of ether oxygens (including phenoxy) is 1. The van der Waals surface area contributed by atoms with E-state index in [-0.39, 0.29) is 0 Å². The van der Waals surface area contributed by atoms with Gasteiger partial charge in [-0.1, -0.05) is 6.07 Å².